The number of nitrogens with zero attached hydrogens (tertiary/aromatic N) is 7. The van der Waals surface area contributed by atoms with Crippen LogP contribution in [0.25, 0.3) is 27.8 Å². The van der Waals surface area contributed by atoms with Crippen LogP contribution < -0.4 is 10.2 Å². The molecular weight excluding hydrogens is 450 g/mol. The summed E-state index contributed by atoms with van der Waals surface area (Å²) in [7, 11) is 0. The van der Waals surface area contributed by atoms with Crippen molar-refractivity contribution in [3.63, 3.8) is 0 Å². The molecule has 9 nitrogen and oxygen atoms in total. The standard InChI is InChI=1S/C27H31N9/c1-2-9-34(8-1)22-10-23(24-14-29-31-25(24)11-22)26-18-36(33-32-26)17-21-16-35-15-20(6-7-27(35)30-21)13-28-12-19-4-3-5-19/h6-7,10-11,14-16,18-19,28H,1-5,8-9,12-13,17H2,(H,29,31). The predicted octanol–water partition coefficient (Wildman–Crippen LogP) is 4.01. The molecule has 0 spiro atoms. The molecule has 1 aliphatic carbocycles. The number of aromatic amines is 1. The van der Waals surface area contributed by atoms with E-state index in [1.807, 2.05) is 17.1 Å². The molecule has 9 heteroatoms. The zero-order valence-corrected chi connectivity index (χ0v) is 20.4. The van der Waals surface area contributed by atoms with E-state index in [-0.39, 0.29) is 0 Å². The fourth-order valence-corrected chi connectivity index (χ4v) is 5.46. The molecule has 0 atom stereocenters. The van der Waals surface area contributed by atoms with Gasteiger partial charge in [0.1, 0.15) is 11.3 Å². The van der Waals surface area contributed by atoms with E-state index in [1.165, 1.54) is 43.4 Å². The summed E-state index contributed by atoms with van der Waals surface area (Å²) in [6.07, 6.45) is 14.8. The van der Waals surface area contributed by atoms with Crippen LogP contribution in [-0.4, -0.2) is 54.2 Å². The van der Waals surface area contributed by atoms with Crippen molar-refractivity contribution in [1.29, 1.82) is 0 Å². The van der Waals surface area contributed by atoms with Crippen molar-refractivity contribution in [3.8, 4) is 11.3 Å². The van der Waals surface area contributed by atoms with Crippen LogP contribution in [-0.2, 0) is 13.1 Å². The first-order valence-corrected chi connectivity index (χ1v) is 13.1. The minimum absolute atomic E-state index is 0.574. The van der Waals surface area contributed by atoms with Crippen LogP contribution in [0.15, 0.2) is 49.1 Å². The number of fused-ring (bicyclic) bond motifs is 2. The molecule has 2 fully saturated rings. The van der Waals surface area contributed by atoms with Crippen LogP contribution in [0.5, 0.6) is 0 Å². The van der Waals surface area contributed by atoms with E-state index >= 15 is 0 Å². The molecule has 7 rings (SSSR count). The third kappa shape index (κ3) is 4.13. The largest absolute Gasteiger partial charge is 0.371 e. The Kier molecular flexibility index (Phi) is 5.42. The van der Waals surface area contributed by atoms with E-state index in [0.29, 0.717) is 6.54 Å². The summed E-state index contributed by atoms with van der Waals surface area (Å²) >= 11 is 0. The Labute approximate surface area is 209 Å². The first kappa shape index (κ1) is 21.6. The molecule has 36 heavy (non-hydrogen) atoms. The van der Waals surface area contributed by atoms with Crippen molar-refractivity contribution < 1.29 is 0 Å². The van der Waals surface area contributed by atoms with Gasteiger partial charge in [-0.05, 0) is 61.9 Å². The SMILES string of the molecule is c1cc2nc(Cn3cc(-c4cc(N5CCCC5)cc5[nH]ncc45)nn3)cn2cc1CNCC1CCC1. The summed E-state index contributed by atoms with van der Waals surface area (Å²) in [4.78, 5) is 7.23. The van der Waals surface area contributed by atoms with Crippen molar-refractivity contribution >= 4 is 22.2 Å². The molecule has 0 bridgehead atoms. The van der Waals surface area contributed by atoms with E-state index in [0.717, 1.165) is 65.6 Å². The van der Waals surface area contributed by atoms with E-state index in [4.69, 9.17) is 4.98 Å². The number of anilines is 1. The maximum atomic E-state index is 4.80. The van der Waals surface area contributed by atoms with E-state index in [1.54, 1.807) is 0 Å². The molecule has 2 aliphatic rings. The van der Waals surface area contributed by atoms with Crippen LogP contribution in [0, 0.1) is 5.92 Å². The van der Waals surface area contributed by atoms with E-state index in [2.05, 4.69) is 71.8 Å². The number of hydrogen-bond donors (Lipinski definition) is 2. The lowest BCUT2D eigenvalue weighted by Crippen LogP contribution is -2.26. The molecular formula is C27H31N9. The van der Waals surface area contributed by atoms with Gasteiger partial charge < -0.3 is 14.6 Å². The highest BCUT2D eigenvalue weighted by molar-refractivity contribution is 5.96. The maximum Gasteiger partial charge on any atom is 0.137 e. The quantitative estimate of drug-likeness (QED) is 0.348. The number of hydrogen-bond acceptors (Lipinski definition) is 6. The van der Waals surface area contributed by atoms with Gasteiger partial charge in [-0.25, -0.2) is 9.67 Å². The molecule has 0 radical (unpaired) electrons. The van der Waals surface area contributed by atoms with E-state index < -0.39 is 0 Å². The highest BCUT2D eigenvalue weighted by Crippen LogP contribution is 2.33. The lowest BCUT2D eigenvalue weighted by Gasteiger charge is -2.25. The van der Waals surface area contributed by atoms with Crippen molar-refractivity contribution in [2.24, 2.45) is 5.92 Å². The van der Waals surface area contributed by atoms with Gasteiger partial charge in [0.05, 0.1) is 30.1 Å². The minimum Gasteiger partial charge on any atom is -0.371 e. The molecule has 0 unspecified atom stereocenters. The summed E-state index contributed by atoms with van der Waals surface area (Å²) in [5.74, 6) is 0.869. The predicted molar refractivity (Wildman–Crippen MR) is 140 cm³/mol. The van der Waals surface area contributed by atoms with Crippen molar-refractivity contribution in [2.75, 3.05) is 24.5 Å². The second kappa shape index (κ2) is 9.05. The molecule has 0 amide bonds. The second-order valence-electron chi connectivity index (χ2n) is 10.3. The molecule has 2 N–H and O–H groups in total. The Morgan fingerprint density at radius 1 is 1.03 bits per heavy atom. The highest BCUT2D eigenvalue weighted by Gasteiger charge is 2.18. The van der Waals surface area contributed by atoms with Gasteiger partial charge in [0.15, 0.2) is 0 Å². The van der Waals surface area contributed by atoms with E-state index in [9.17, 15) is 0 Å². The monoisotopic (exact) mass is 481 g/mol. The summed E-state index contributed by atoms with van der Waals surface area (Å²) in [5.41, 5.74) is 7.34. The van der Waals surface area contributed by atoms with Gasteiger partial charge in [0.2, 0.25) is 0 Å². The van der Waals surface area contributed by atoms with Gasteiger partial charge >= 0.3 is 0 Å². The first-order chi connectivity index (χ1) is 17.8. The normalized spacial score (nSPS) is 16.4. The topological polar surface area (TPSA) is 92.0 Å². The molecule has 1 aromatic carbocycles. The number of nitrogens with one attached hydrogen (secondary N) is 2. The molecule has 184 valence electrons. The number of H-pyrrole nitrogens is 1. The number of benzene rings is 1. The average molecular weight is 482 g/mol. The number of imidazole rings is 1. The fourth-order valence-electron chi connectivity index (χ4n) is 5.46. The highest BCUT2D eigenvalue weighted by atomic mass is 15.4. The van der Waals surface area contributed by atoms with Crippen LogP contribution in [0.2, 0.25) is 0 Å². The van der Waals surface area contributed by atoms with Crippen molar-refractivity contribution in [1.82, 2.24) is 39.9 Å². The Morgan fingerprint density at radius 2 is 1.94 bits per heavy atom. The van der Waals surface area contributed by atoms with Gasteiger partial charge in [-0.15, -0.1) is 5.10 Å². The smallest absolute Gasteiger partial charge is 0.137 e. The van der Waals surface area contributed by atoms with Crippen LogP contribution in [0.3, 0.4) is 0 Å². The summed E-state index contributed by atoms with van der Waals surface area (Å²) < 4.78 is 3.98. The first-order valence-electron chi connectivity index (χ1n) is 13.1. The van der Waals surface area contributed by atoms with Crippen LogP contribution in [0.4, 0.5) is 5.69 Å². The molecule has 1 aliphatic heterocycles. The Morgan fingerprint density at radius 3 is 2.81 bits per heavy atom. The summed E-state index contributed by atoms with van der Waals surface area (Å²) in [5, 5.41) is 21.0. The third-order valence-corrected chi connectivity index (χ3v) is 7.70. The molecule has 5 heterocycles. The zero-order valence-electron chi connectivity index (χ0n) is 20.4. The van der Waals surface area contributed by atoms with Gasteiger partial charge in [0.25, 0.3) is 0 Å². The molecule has 4 aromatic heterocycles. The Bertz CT molecular complexity index is 1500. The van der Waals surface area contributed by atoms with Crippen molar-refractivity contribution in [2.45, 2.75) is 45.2 Å². The molecule has 5 aromatic rings. The Hall–Kier alpha value is -3.72. The van der Waals surface area contributed by atoms with Crippen molar-refractivity contribution in [3.05, 3.63) is 60.3 Å². The van der Waals surface area contributed by atoms with Crippen LogP contribution >= 0.6 is 0 Å². The number of aromatic nitrogens is 7. The lowest BCUT2D eigenvalue weighted by atomic mass is 9.85. The van der Waals surface area contributed by atoms with Gasteiger partial charge in [-0.3, -0.25) is 5.10 Å². The average Bonchev–Trinajstić information content (AvgIpc) is 3.66. The fraction of sp³-hybridized carbons (Fsp3) is 0.407. The molecule has 1 saturated carbocycles. The minimum atomic E-state index is 0.574. The summed E-state index contributed by atoms with van der Waals surface area (Å²) in [6, 6.07) is 8.67. The maximum absolute atomic E-state index is 4.80. The lowest BCUT2D eigenvalue weighted by molar-refractivity contribution is 0.301. The van der Waals surface area contributed by atoms with Gasteiger partial charge in [0, 0.05) is 48.7 Å². The van der Waals surface area contributed by atoms with Crippen LogP contribution in [0.1, 0.15) is 43.4 Å². The summed E-state index contributed by atoms with van der Waals surface area (Å²) in [6.45, 7) is 4.78. The van der Waals surface area contributed by atoms with Gasteiger partial charge in [-0.2, -0.15) is 5.10 Å². The Balaban J connectivity index is 1.10. The third-order valence-electron chi connectivity index (χ3n) is 7.70. The number of pyridine rings is 1. The second-order valence-corrected chi connectivity index (χ2v) is 10.3. The zero-order chi connectivity index (χ0) is 23.9. The van der Waals surface area contributed by atoms with Gasteiger partial charge in [-0.1, -0.05) is 17.7 Å². The number of rotatable bonds is 8. The molecule has 1 saturated heterocycles.